The van der Waals surface area contributed by atoms with Crippen molar-refractivity contribution < 1.29 is 19.1 Å². The summed E-state index contributed by atoms with van der Waals surface area (Å²) in [6, 6.07) is 15.7. The molecule has 152 valence electrons. The van der Waals surface area contributed by atoms with Gasteiger partial charge in [-0.25, -0.2) is 5.10 Å². The number of nitrogens with zero attached hydrogens (tertiary/aromatic N) is 1. The van der Waals surface area contributed by atoms with E-state index in [2.05, 4.69) is 20.8 Å². The summed E-state index contributed by atoms with van der Waals surface area (Å²) in [6.45, 7) is 1.42. The van der Waals surface area contributed by atoms with Gasteiger partial charge in [0.25, 0.3) is 17.4 Å². The number of hydrogen-bond donors (Lipinski definition) is 3. The fourth-order valence-corrected chi connectivity index (χ4v) is 2.60. The van der Waals surface area contributed by atoms with Crippen molar-refractivity contribution in [2.45, 2.75) is 13.5 Å². The highest BCUT2D eigenvalue weighted by molar-refractivity contribution is 6.03. The van der Waals surface area contributed by atoms with E-state index in [4.69, 9.17) is 4.74 Å². The second-order valence-corrected chi connectivity index (χ2v) is 6.22. The van der Waals surface area contributed by atoms with Gasteiger partial charge in [0.15, 0.2) is 0 Å². The maximum absolute atomic E-state index is 12.5. The van der Waals surface area contributed by atoms with Crippen molar-refractivity contribution in [1.82, 2.24) is 15.5 Å². The lowest BCUT2D eigenvalue weighted by Crippen LogP contribution is -2.24. The maximum atomic E-state index is 12.5. The molecule has 3 aromatic rings. The number of hydrogen-bond acceptors (Lipinski definition) is 6. The number of anilines is 1. The minimum Gasteiger partial charge on any atom is -0.427 e. The smallest absolute Gasteiger partial charge is 0.308 e. The molecule has 0 fully saturated rings. The summed E-state index contributed by atoms with van der Waals surface area (Å²) < 4.78 is 4.99. The Balaban J connectivity index is 1.68. The summed E-state index contributed by atoms with van der Waals surface area (Å²) in [5.74, 6) is -1.07. The van der Waals surface area contributed by atoms with E-state index < -0.39 is 17.4 Å². The van der Waals surface area contributed by atoms with Crippen molar-refractivity contribution in [1.29, 1.82) is 0 Å². The molecule has 0 bridgehead atoms. The minimum absolute atomic E-state index is 0.0516. The number of nitrogens with one attached hydrogen (secondary N) is 3. The Morgan fingerprint density at radius 1 is 1.00 bits per heavy atom. The molecule has 3 N–H and O–H groups in total. The van der Waals surface area contributed by atoms with Crippen molar-refractivity contribution in [2.75, 3.05) is 5.32 Å². The summed E-state index contributed by atoms with van der Waals surface area (Å²) in [5.41, 5.74) is 1.13. The van der Waals surface area contributed by atoms with Crippen molar-refractivity contribution >= 4 is 23.5 Å². The van der Waals surface area contributed by atoms with E-state index >= 15 is 0 Å². The van der Waals surface area contributed by atoms with Gasteiger partial charge in [-0.2, -0.15) is 5.10 Å². The predicted molar refractivity (Wildman–Crippen MR) is 108 cm³/mol. The number of aromatic nitrogens is 2. The summed E-state index contributed by atoms with van der Waals surface area (Å²) >= 11 is 0. The van der Waals surface area contributed by atoms with Gasteiger partial charge in [0.05, 0.1) is 0 Å². The molecule has 0 aliphatic heterocycles. The van der Waals surface area contributed by atoms with E-state index in [1.165, 1.54) is 25.1 Å². The fraction of sp³-hybridized carbons (Fsp3) is 0.0952. The van der Waals surface area contributed by atoms with Gasteiger partial charge < -0.3 is 15.4 Å². The zero-order chi connectivity index (χ0) is 21.5. The molecule has 1 aromatic heterocycles. The molecule has 0 saturated heterocycles. The van der Waals surface area contributed by atoms with Gasteiger partial charge in [-0.3, -0.25) is 19.2 Å². The molecule has 9 heteroatoms. The van der Waals surface area contributed by atoms with Gasteiger partial charge in [0.2, 0.25) is 0 Å². The van der Waals surface area contributed by atoms with Crippen molar-refractivity contribution in [3.05, 3.63) is 87.8 Å². The number of H-pyrrole nitrogens is 1. The highest BCUT2D eigenvalue weighted by Gasteiger charge is 2.12. The SMILES string of the molecule is CC(=O)Oc1cccc(C(=O)NCc2ccccc2NC(=O)c2ccc(=O)[nH]n2)c1. The number of rotatable bonds is 6. The highest BCUT2D eigenvalue weighted by atomic mass is 16.5. The van der Waals surface area contributed by atoms with E-state index in [0.717, 1.165) is 0 Å². The average molecular weight is 406 g/mol. The van der Waals surface area contributed by atoms with E-state index in [1.54, 1.807) is 42.5 Å². The summed E-state index contributed by atoms with van der Waals surface area (Å²) in [5, 5.41) is 11.4. The van der Waals surface area contributed by atoms with E-state index in [0.29, 0.717) is 16.8 Å². The lowest BCUT2D eigenvalue weighted by atomic mass is 10.1. The van der Waals surface area contributed by atoms with Crippen LogP contribution in [0.1, 0.15) is 33.3 Å². The number of benzene rings is 2. The summed E-state index contributed by atoms with van der Waals surface area (Å²) in [6.07, 6.45) is 0. The Kier molecular flexibility index (Phi) is 6.33. The van der Waals surface area contributed by atoms with E-state index in [9.17, 15) is 19.2 Å². The van der Waals surface area contributed by atoms with Crippen LogP contribution in [-0.4, -0.2) is 28.0 Å². The van der Waals surface area contributed by atoms with E-state index in [1.807, 2.05) is 0 Å². The van der Waals surface area contributed by atoms with E-state index in [-0.39, 0.29) is 23.9 Å². The number of amides is 2. The fourth-order valence-electron chi connectivity index (χ4n) is 2.60. The first-order chi connectivity index (χ1) is 14.4. The van der Waals surface area contributed by atoms with Crippen LogP contribution in [0.5, 0.6) is 5.75 Å². The Bertz CT molecular complexity index is 1140. The molecule has 0 saturated carbocycles. The van der Waals surface area contributed by atoms with Crippen LogP contribution in [0.25, 0.3) is 0 Å². The molecule has 0 radical (unpaired) electrons. The monoisotopic (exact) mass is 406 g/mol. The predicted octanol–water partition coefficient (Wildman–Crippen LogP) is 1.88. The molecule has 0 atom stereocenters. The number of aromatic amines is 1. The van der Waals surface area contributed by atoms with Crippen LogP contribution >= 0.6 is 0 Å². The first-order valence-electron chi connectivity index (χ1n) is 8.94. The topological polar surface area (TPSA) is 130 Å². The van der Waals surface area contributed by atoms with Gasteiger partial charge in [-0.05, 0) is 35.9 Å². The minimum atomic E-state index is -0.501. The van der Waals surface area contributed by atoms with Crippen molar-refractivity contribution in [2.24, 2.45) is 0 Å². The number of carbonyl (C=O) groups excluding carboxylic acids is 3. The first kappa shape index (κ1) is 20.5. The van der Waals surface area contributed by atoms with Crippen molar-refractivity contribution in [3.8, 4) is 5.75 Å². The van der Waals surface area contributed by atoms with Crippen LogP contribution in [0.15, 0.2) is 65.5 Å². The van der Waals surface area contributed by atoms with Crippen LogP contribution < -0.4 is 20.9 Å². The Labute approximate surface area is 171 Å². The lowest BCUT2D eigenvalue weighted by Gasteiger charge is -2.12. The molecule has 2 amide bonds. The number of esters is 1. The largest absolute Gasteiger partial charge is 0.427 e. The molecule has 3 rings (SSSR count). The van der Waals surface area contributed by atoms with Gasteiger partial charge in [-0.15, -0.1) is 0 Å². The average Bonchev–Trinajstić information content (AvgIpc) is 2.73. The number of para-hydroxylation sites is 1. The third-order valence-electron chi connectivity index (χ3n) is 3.97. The third-order valence-corrected chi connectivity index (χ3v) is 3.97. The maximum Gasteiger partial charge on any atom is 0.308 e. The molecule has 0 spiro atoms. The first-order valence-corrected chi connectivity index (χ1v) is 8.94. The molecule has 1 heterocycles. The zero-order valence-corrected chi connectivity index (χ0v) is 16.0. The molecular formula is C21H18N4O5. The van der Waals surface area contributed by atoms with Crippen LogP contribution in [-0.2, 0) is 11.3 Å². The summed E-state index contributed by atoms with van der Waals surface area (Å²) in [4.78, 5) is 47.0. The van der Waals surface area contributed by atoms with Crippen LogP contribution in [0.4, 0.5) is 5.69 Å². The van der Waals surface area contributed by atoms with Crippen LogP contribution in [0.2, 0.25) is 0 Å². The molecule has 9 nitrogen and oxygen atoms in total. The van der Waals surface area contributed by atoms with Crippen LogP contribution in [0, 0.1) is 0 Å². The van der Waals surface area contributed by atoms with Crippen molar-refractivity contribution in [3.63, 3.8) is 0 Å². The Morgan fingerprint density at radius 2 is 1.80 bits per heavy atom. The quantitative estimate of drug-likeness (QED) is 0.423. The third kappa shape index (κ3) is 5.38. The van der Waals surface area contributed by atoms with Gasteiger partial charge in [0.1, 0.15) is 11.4 Å². The van der Waals surface area contributed by atoms with Gasteiger partial charge in [-0.1, -0.05) is 24.3 Å². The zero-order valence-electron chi connectivity index (χ0n) is 16.0. The molecule has 0 aliphatic carbocycles. The molecule has 30 heavy (non-hydrogen) atoms. The molecule has 0 aliphatic rings. The van der Waals surface area contributed by atoms with Gasteiger partial charge >= 0.3 is 5.97 Å². The number of carbonyl (C=O) groups is 3. The van der Waals surface area contributed by atoms with Gasteiger partial charge in [0, 0.05) is 30.8 Å². The second-order valence-electron chi connectivity index (χ2n) is 6.22. The van der Waals surface area contributed by atoms with Crippen LogP contribution in [0.3, 0.4) is 0 Å². The highest BCUT2D eigenvalue weighted by Crippen LogP contribution is 2.17. The molecule has 2 aromatic carbocycles. The number of ether oxygens (including phenoxy) is 1. The Morgan fingerprint density at radius 3 is 2.53 bits per heavy atom. The Hall–Kier alpha value is -4.27. The lowest BCUT2D eigenvalue weighted by molar-refractivity contribution is -0.131. The molecular weight excluding hydrogens is 388 g/mol. The molecule has 0 unspecified atom stereocenters. The normalized spacial score (nSPS) is 10.2. The second kappa shape index (κ2) is 9.28. The summed E-state index contributed by atoms with van der Waals surface area (Å²) in [7, 11) is 0. The standard InChI is InChI=1S/C21H18N4O5/c1-13(26)30-16-7-4-6-14(11-16)20(28)22-12-15-5-2-3-8-17(15)23-21(29)18-9-10-19(27)25-24-18/h2-11H,12H2,1H3,(H,22,28)(H,23,29)(H,25,27).